The minimum atomic E-state index is -0.539. The van der Waals surface area contributed by atoms with E-state index in [-0.39, 0.29) is 0 Å². The monoisotopic (exact) mass is 355 g/mol. The van der Waals surface area contributed by atoms with Crippen molar-refractivity contribution < 1.29 is 4.52 Å². The molecule has 0 aliphatic carbocycles. The van der Waals surface area contributed by atoms with Crippen LogP contribution < -0.4 is 16.6 Å². The molecule has 0 bridgehead atoms. The molecule has 0 unspecified atom stereocenters. The maximum atomic E-state index is 12.1. The average molecular weight is 355 g/mol. The molecular formula is C18H21N5O3. The molecule has 1 fully saturated rings. The van der Waals surface area contributed by atoms with E-state index in [4.69, 9.17) is 4.52 Å². The summed E-state index contributed by atoms with van der Waals surface area (Å²) in [6.07, 6.45) is 1.41. The first-order valence-electron chi connectivity index (χ1n) is 8.69. The van der Waals surface area contributed by atoms with Crippen LogP contribution in [0.25, 0.3) is 16.8 Å². The van der Waals surface area contributed by atoms with Crippen LogP contribution in [0.3, 0.4) is 0 Å². The van der Waals surface area contributed by atoms with Crippen molar-refractivity contribution in [2.45, 2.75) is 32.5 Å². The van der Waals surface area contributed by atoms with Crippen LogP contribution in [0.2, 0.25) is 0 Å². The number of benzene rings is 1. The molecule has 3 heterocycles. The van der Waals surface area contributed by atoms with Gasteiger partial charge in [0.2, 0.25) is 0 Å². The summed E-state index contributed by atoms with van der Waals surface area (Å²) >= 11 is 0. The first kappa shape index (κ1) is 16.7. The van der Waals surface area contributed by atoms with Gasteiger partial charge >= 0.3 is 5.69 Å². The minimum Gasteiger partial charge on any atom is -0.354 e. The lowest BCUT2D eigenvalue weighted by Crippen LogP contribution is -2.53. The Balaban J connectivity index is 1.70. The van der Waals surface area contributed by atoms with Crippen molar-refractivity contribution in [1.82, 2.24) is 24.9 Å². The number of fused-ring (bicyclic) bond motifs is 1. The van der Waals surface area contributed by atoms with Crippen molar-refractivity contribution in [2.24, 2.45) is 0 Å². The van der Waals surface area contributed by atoms with Crippen molar-refractivity contribution in [3.63, 3.8) is 0 Å². The van der Waals surface area contributed by atoms with Gasteiger partial charge in [-0.2, -0.15) is 0 Å². The second-order valence-electron chi connectivity index (χ2n) is 6.90. The predicted molar refractivity (Wildman–Crippen MR) is 97.6 cm³/mol. The van der Waals surface area contributed by atoms with Gasteiger partial charge in [0.15, 0.2) is 11.4 Å². The number of nitrogens with one attached hydrogen (secondary N) is 2. The molecule has 2 aromatic heterocycles. The Bertz CT molecular complexity index is 1050. The zero-order valence-corrected chi connectivity index (χ0v) is 14.7. The summed E-state index contributed by atoms with van der Waals surface area (Å²) in [4.78, 5) is 28.0. The number of hydrogen-bond donors (Lipinski definition) is 2. The SMILES string of the molecule is C[C@H]1CN(Cc2ccc3onc(-n4ccc(=O)[nH]c4=O)c3c2)[C@@H](C)CN1. The predicted octanol–water partition coefficient (Wildman–Crippen LogP) is 0.849. The van der Waals surface area contributed by atoms with Gasteiger partial charge in [-0.3, -0.25) is 14.7 Å². The van der Waals surface area contributed by atoms with Crippen LogP contribution in [0.4, 0.5) is 0 Å². The van der Waals surface area contributed by atoms with Crippen molar-refractivity contribution in [1.29, 1.82) is 0 Å². The van der Waals surface area contributed by atoms with Crippen molar-refractivity contribution in [2.75, 3.05) is 13.1 Å². The van der Waals surface area contributed by atoms with Crippen LogP contribution in [0, 0.1) is 0 Å². The number of nitrogens with zero attached hydrogens (tertiary/aromatic N) is 3. The van der Waals surface area contributed by atoms with Crippen LogP contribution in [0.1, 0.15) is 19.4 Å². The molecule has 8 nitrogen and oxygen atoms in total. The third kappa shape index (κ3) is 3.09. The maximum Gasteiger partial charge on any atom is 0.334 e. The standard InChI is InChI=1S/C18H21N5O3/c1-11-9-22(12(2)8-19-11)10-13-3-4-15-14(7-13)17(21-26-15)23-6-5-16(24)20-18(23)25/h3-7,11-12,19H,8-10H2,1-2H3,(H,20,24,25)/t11-,12-/m0/s1. The highest BCUT2D eigenvalue weighted by atomic mass is 16.5. The molecule has 1 aromatic carbocycles. The molecule has 0 spiro atoms. The molecule has 1 saturated heterocycles. The van der Waals surface area contributed by atoms with Crippen LogP contribution in [0.5, 0.6) is 0 Å². The lowest BCUT2D eigenvalue weighted by molar-refractivity contribution is 0.139. The van der Waals surface area contributed by atoms with Crippen LogP contribution in [-0.2, 0) is 6.54 Å². The van der Waals surface area contributed by atoms with Gasteiger partial charge in [-0.15, -0.1) is 0 Å². The van der Waals surface area contributed by atoms with Crippen molar-refractivity contribution in [3.8, 4) is 5.82 Å². The van der Waals surface area contributed by atoms with E-state index in [1.54, 1.807) is 0 Å². The van der Waals surface area contributed by atoms with Gasteiger partial charge in [0, 0.05) is 44.0 Å². The molecular weight excluding hydrogens is 334 g/mol. The van der Waals surface area contributed by atoms with Crippen LogP contribution in [0.15, 0.2) is 44.6 Å². The van der Waals surface area contributed by atoms with E-state index in [9.17, 15) is 9.59 Å². The summed E-state index contributed by atoms with van der Waals surface area (Å²) in [6, 6.07) is 8.08. The molecule has 3 aromatic rings. The third-order valence-electron chi connectivity index (χ3n) is 4.85. The van der Waals surface area contributed by atoms with E-state index in [2.05, 4.69) is 34.2 Å². The van der Waals surface area contributed by atoms with E-state index in [1.165, 1.54) is 16.8 Å². The Hall–Kier alpha value is -2.71. The topological polar surface area (TPSA) is 96.2 Å². The minimum absolute atomic E-state index is 0.379. The molecule has 0 saturated carbocycles. The Morgan fingerprint density at radius 2 is 2.12 bits per heavy atom. The Morgan fingerprint density at radius 3 is 2.92 bits per heavy atom. The Kier molecular flexibility index (Phi) is 4.21. The second kappa shape index (κ2) is 6.54. The summed E-state index contributed by atoms with van der Waals surface area (Å²) in [5.74, 6) is 0.379. The van der Waals surface area contributed by atoms with E-state index < -0.39 is 11.2 Å². The van der Waals surface area contributed by atoms with Crippen LogP contribution >= 0.6 is 0 Å². The van der Waals surface area contributed by atoms with E-state index in [0.29, 0.717) is 23.5 Å². The molecule has 26 heavy (non-hydrogen) atoms. The summed E-state index contributed by atoms with van der Waals surface area (Å²) in [5.41, 5.74) is 0.744. The number of hydrogen-bond acceptors (Lipinski definition) is 6. The lowest BCUT2D eigenvalue weighted by atomic mass is 10.1. The van der Waals surface area contributed by atoms with Crippen molar-refractivity contribution in [3.05, 3.63) is 56.9 Å². The van der Waals surface area contributed by atoms with Gasteiger partial charge in [-0.25, -0.2) is 9.36 Å². The normalized spacial score (nSPS) is 21.3. The smallest absolute Gasteiger partial charge is 0.334 e. The Morgan fingerprint density at radius 1 is 1.27 bits per heavy atom. The zero-order chi connectivity index (χ0) is 18.3. The number of rotatable bonds is 3. The Labute approximate surface area is 149 Å². The maximum absolute atomic E-state index is 12.1. The summed E-state index contributed by atoms with van der Waals surface area (Å²) < 4.78 is 6.63. The van der Waals surface area contributed by atoms with Gasteiger partial charge in [-0.1, -0.05) is 11.2 Å². The fourth-order valence-corrected chi connectivity index (χ4v) is 3.38. The first-order valence-corrected chi connectivity index (χ1v) is 8.69. The largest absolute Gasteiger partial charge is 0.354 e. The summed E-state index contributed by atoms with van der Waals surface area (Å²) in [5, 5.41) is 8.24. The second-order valence-corrected chi connectivity index (χ2v) is 6.90. The molecule has 1 aliphatic heterocycles. The highest BCUT2D eigenvalue weighted by molar-refractivity contribution is 5.84. The fourth-order valence-electron chi connectivity index (χ4n) is 3.38. The first-order chi connectivity index (χ1) is 12.5. The molecule has 4 rings (SSSR count). The number of H-pyrrole nitrogens is 1. The van der Waals surface area contributed by atoms with Crippen LogP contribution in [-0.4, -0.2) is 44.8 Å². The van der Waals surface area contributed by atoms with E-state index >= 15 is 0 Å². The molecule has 0 amide bonds. The molecule has 136 valence electrons. The lowest BCUT2D eigenvalue weighted by Gasteiger charge is -2.37. The molecule has 0 radical (unpaired) electrons. The zero-order valence-electron chi connectivity index (χ0n) is 14.7. The van der Waals surface area contributed by atoms with Gasteiger partial charge in [0.05, 0.1) is 5.39 Å². The fraction of sp³-hybridized carbons (Fsp3) is 0.389. The van der Waals surface area contributed by atoms with E-state index in [0.717, 1.165) is 30.6 Å². The molecule has 2 atom stereocenters. The number of aromatic nitrogens is 3. The highest BCUT2D eigenvalue weighted by Gasteiger charge is 2.22. The van der Waals surface area contributed by atoms with Gasteiger partial charge in [0.25, 0.3) is 5.56 Å². The summed E-state index contributed by atoms with van der Waals surface area (Å²) in [6.45, 7) is 7.16. The molecule has 8 heteroatoms. The molecule has 2 N–H and O–H groups in total. The number of aromatic amines is 1. The third-order valence-corrected chi connectivity index (χ3v) is 4.85. The average Bonchev–Trinajstić information content (AvgIpc) is 3.01. The van der Waals surface area contributed by atoms with Gasteiger partial charge in [0.1, 0.15) is 0 Å². The van der Waals surface area contributed by atoms with Gasteiger partial charge < -0.3 is 9.84 Å². The van der Waals surface area contributed by atoms with Crippen molar-refractivity contribution >= 4 is 11.0 Å². The number of piperazine rings is 1. The van der Waals surface area contributed by atoms with E-state index in [1.807, 2.05) is 18.2 Å². The summed E-state index contributed by atoms with van der Waals surface area (Å²) in [7, 11) is 0. The highest BCUT2D eigenvalue weighted by Crippen LogP contribution is 2.23. The van der Waals surface area contributed by atoms with Gasteiger partial charge in [-0.05, 0) is 31.5 Å². The molecule has 1 aliphatic rings. The quantitative estimate of drug-likeness (QED) is 0.723.